The molecule has 1 aromatic carbocycles. The monoisotopic (exact) mass is 264 g/mol. The molecule has 0 saturated carbocycles. The minimum absolute atomic E-state index is 0.114. The van der Waals surface area contributed by atoms with Gasteiger partial charge in [0.25, 0.3) is 5.91 Å². The second kappa shape index (κ2) is 8.13. The molecule has 0 bridgehead atoms. The fourth-order valence-electron chi connectivity index (χ4n) is 1.63. The zero-order valence-electron chi connectivity index (χ0n) is 11.1. The number of para-hydroxylation sites is 1. The van der Waals surface area contributed by atoms with E-state index in [0.717, 1.165) is 25.7 Å². The molecule has 0 atom stereocenters. The smallest absolute Gasteiger partial charge is 0.273 e. The molecule has 0 unspecified atom stereocenters. The molecule has 0 saturated heterocycles. The van der Waals surface area contributed by atoms with E-state index in [4.69, 9.17) is 0 Å². The van der Waals surface area contributed by atoms with Gasteiger partial charge in [0, 0.05) is 6.42 Å². The first kappa shape index (κ1) is 15.0. The van der Waals surface area contributed by atoms with Crippen molar-refractivity contribution in [2.45, 2.75) is 39.0 Å². The quantitative estimate of drug-likeness (QED) is 0.544. The molecule has 0 aromatic heterocycles. The Labute approximate surface area is 113 Å². The zero-order chi connectivity index (χ0) is 14.1. The molecule has 0 heterocycles. The van der Waals surface area contributed by atoms with Crippen molar-refractivity contribution in [2.75, 3.05) is 0 Å². The number of nitrogens with one attached hydrogen (secondary N) is 2. The summed E-state index contributed by atoms with van der Waals surface area (Å²) in [6.07, 6.45) is 4.44. The Morgan fingerprint density at radius 3 is 2.53 bits per heavy atom. The number of hydrogen-bond donors (Lipinski definition) is 3. The van der Waals surface area contributed by atoms with Gasteiger partial charge in [-0.15, -0.1) is 0 Å². The van der Waals surface area contributed by atoms with Gasteiger partial charge < -0.3 is 5.11 Å². The number of phenolic OH excluding ortho intramolecular Hbond substituents is 1. The molecule has 19 heavy (non-hydrogen) atoms. The van der Waals surface area contributed by atoms with Crippen LogP contribution in [0.25, 0.3) is 0 Å². The Morgan fingerprint density at radius 1 is 1.11 bits per heavy atom. The summed E-state index contributed by atoms with van der Waals surface area (Å²) < 4.78 is 0. The van der Waals surface area contributed by atoms with Crippen molar-refractivity contribution >= 4 is 11.8 Å². The van der Waals surface area contributed by atoms with Crippen molar-refractivity contribution in [2.24, 2.45) is 0 Å². The van der Waals surface area contributed by atoms with Crippen LogP contribution in [0.15, 0.2) is 24.3 Å². The number of rotatable bonds is 6. The summed E-state index contributed by atoms with van der Waals surface area (Å²) >= 11 is 0. The maximum absolute atomic E-state index is 11.7. The first-order valence-electron chi connectivity index (χ1n) is 6.52. The van der Waals surface area contributed by atoms with Crippen LogP contribution in [-0.2, 0) is 4.79 Å². The third-order valence-electron chi connectivity index (χ3n) is 2.72. The molecule has 0 aliphatic rings. The number of unbranched alkanes of at least 4 members (excludes halogenated alkanes) is 3. The molecular formula is C14H20N2O3. The molecule has 5 nitrogen and oxygen atoms in total. The summed E-state index contributed by atoms with van der Waals surface area (Å²) in [4.78, 5) is 23.1. The number of hydrazine groups is 1. The van der Waals surface area contributed by atoms with Gasteiger partial charge in [0.1, 0.15) is 5.75 Å². The lowest BCUT2D eigenvalue weighted by molar-refractivity contribution is -0.122. The molecule has 1 aromatic rings. The van der Waals surface area contributed by atoms with Gasteiger partial charge in [-0.1, -0.05) is 38.3 Å². The maximum atomic E-state index is 11.7. The van der Waals surface area contributed by atoms with Crippen molar-refractivity contribution < 1.29 is 14.7 Å². The third-order valence-corrected chi connectivity index (χ3v) is 2.72. The van der Waals surface area contributed by atoms with E-state index in [0.29, 0.717) is 6.42 Å². The van der Waals surface area contributed by atoms with Crippen LogP contribution in [0.3, 0.4) is 0 Å². The lowest BCUT2D eigenvalue weighted by atomic mass is 10.1. The van der Waals surface area contributed by atoms with E-state index in [9.17, 15) is 14.7 Å². The summed E-state index contributed by atoms with van der Waals surface area (Å²) in [6, 6.07) is 6.17. The summed E-state index contributed by atoms with van der Waals surface area (Å²) in [5, 5.41) is 9.47. The maximum Gasteiger partial charge on any atom is 0.273 e. The van der Waals surface area contributed by atoms with E-state index in [1.54, 1.807) is 12.1 Å². The van der Waals surface area contributed by atoms with Crippen LogP contribution in [0.1, 0.15) is 49.4 Å². The zero-order valence-corrected chi connectivity index (χ0v) is 11.1. The second-order valence-corrected chi connectivity index (χ2v) is 4.33. The largest absolute Gasteiger partial charge is 0.507 e. The lowest BCUT2D eigenvalue weighted by Crippen LogP contribution is -2.41. The van der Waals surface area contributed by atoms with Crippen LogP contribution in [0.5, 0.6) is 5.75 Å². The second-order valence-electron chi connectivity index (χ2n) is 4.33. The van der Waals surface area contributed by atoms with Gasteiger partial charge in [-0.3, -0.25) is 20.4 Å². The van der Waals surface area contributed by atoms with Crippen molar-refractivity contribution in [3.63, 3.8) is 0 Å². The fraction of sp³-hybridized carbons (Fsp3) is 0.429. The average molecular weight is 264 g/mol. The number of hydrogen-bond acceptors (Lipinski definition) is 3. The summed E-state index contributed by atoms with van der Waals surface area (Å²) in [5.41, 5.74) is 4.75. The number of carbonyl (C=O) groups is 2. The van der Waals surface area contributed by atoms with Gasteiger partial charge >= 0.3 is 0 Å². The number of benzene rings is 1. The topological polar surface area (TPSA) is 78.4 Å². The third kappa shape index (κ3) is 5.42. The van der Waals surface area contributed by atoms with Crippen LogP contribution in [0.2, 0.25) is 0 Å². The standard InChI is InChI=1S/C14H20N2O3/c1-2-3-4-5-10-13(18)15-16-14(19)11-8-6-7-9-12(11)17/h6-9,17H,2-5,10H2,1H3,(H,15,18)(H,16,19). The Morgan fingerprint density at radius 2 is 1.84 bits per heavy atom. The minimum Gasteiger partial charge on any atom is -0.507 e. The van der Waals surface area contributed by atoms with E-state index in [1.165, 1.54) is 12.1 Å². The Bertz CT molecular complexity index is 432. The molecule has 104 valence electrons. The van der Waals surface area contributed by atoms with Gasteiger partial charge in [0.2, 0.25) is 5.91 Å². The number of phenols is 1. The van der Waals surface area contributed by atoms with Crippen LogP contribution in [0, 0.1) is 0 Å². The highest BCUT2D eigenvalue weighted by atomic mass is 16.3. The normalized spacial score (nSPS) is 9.95. The lowest BCUT2D eigenvalue weighted by Gasteiger charge is -2.08. The molecule has 3 N–H and O–H groups in total. The number of aromatic hydroxyl groups is 1. The Kier molecular flexibility index (Phi) is 6.43. The molecule has 0 fully saturated rings. The van der Waals surface area contributed by atoms with Crippen molar-refractivity contribution in [3.8, 4) is 5.75 Å². The van der Waals surface area contributed by atoms with Crippen molar-refractivity contribution in [3.05, 3.63) is 29.8 Å². The van der Waals surface area contributed by atoms with Gasteiger partial charge in [-0.2, -0.15) is 0 Å². The van der Waals surface area contributed by atoms with Crippen LogP contribution >= 0.6 is 0 Å². The summed E-state index contributed by atoms with van der Waals surface area (Å²) in [7, 11) is 0. The predicted molar refractivity (Wildman–Crippen MR) is 72.5 cm³/mol. The first-order valence-corrected chi connectivity index (χ1v) is 6.52. The minimum atomic E-state index is -0.528. The van der Waals surface area contributed by atoms with Crippen LogP contribution in [-0.4, -0.2) is 16.9 Å². The highest BCUT2D eigenvalue weighted by molar-refractivity contribution is 5.97. The average Bonchev–Trinajstić information content (AvgIpc) is 2.41. The Balaban J connectivity index is 2.30. The molecule has 0 radical (unpaired) electrons. The summed E-state index contributed by atoms with van der Waals surface area (Å²) in [5.74, 6) is -0.864. The molecule has 0 aliphatic heterocycles. The SMILES string of the molecule is CCCCCCC(=O)NNC(=O)c1ccccc1O. The molecule has 1 rings (SSSR count). The van der Waals surface area contributed by atoms with Gasteiger partial charge in [0.15, 0.2) is 0 Å². The van der Waals surface area contributed by atoms with E-state index in [1.807, 2.05) is 0 Å². The highest BCUT2D eigenvalue weighted by Crippen LogP contribution is 2.14. The van der Waals surface area contributed by atoms with Crippen LogP contribution < -0.4 is 10.9 Å². The van der Waals surface area contributed by atoms with Crippen molar-refractivity contribution in [1.29, 1.82) is 0 Å². The van der Waals surface area contributed by atoms with Gasteiger partial charge in [0.05, 0.1) is 5.56 Å². The molecule has 2 amide bonds. The number of amides is 2. The molecule has 0 aliphatic carbocycles. The van der Waals surface area contributed by atoms with E-state index < -0.39 is 5.91 Å². The van der Waals surface area contributed by atoms with Crippen LogP contribution in [0.4, 0.5) is 0 Å². The summed E-state index contributed by atoms with van der Waals surface area (Å²) in [6.45, 7) is 2.10. The van der Waals surface area contributed by atoms with E-state index in [-0.39, 0.29) is 17.2 Å². The molecule has 5 heteroatoms. The first-order chi connectivity index (χ1) is 9.15. The fourth-order valence-corrected chi connectivity index (χ4v) is 1.63. The molecular weight excluding hydrogens is 244 g/mol. The predicted octanol–water partition coefficient (Wildman–Crippen LogP) is 2.12. The molecule has 0 spiro atoms. The van der Waals surface area contributed by atoms with E-state index >= 15 is 0 Å². The van der Waals surface area contributed by atoms with E-state index in [2.05, 4.69) is 17.8 Å². The van der Waals surface area contributed by atoms with Gasteiger partial charge in [-0.25, -0.2) is 0 Å². The van der Waals surface area contributed by atoms with Gasteiger partial charge in [-0.05, 0) is 18.6 Å². The Hall–Kier alpha value is -2.04. The highest BCUT2D eigenvalue weighted by Gasteiger charge is 2.10. The number of carbonyl (C=O) groups excluding carboxylic acids is 2. The van der Waals surface area contributed by atoms with Crippen molar-refractivity contribution in [1.82, 2.24) is 10.9 Å².